The number of carbonyl (C=O) groups excluding carboxylic acids is 1. The Morgan fingerprint density at radius 3 is 2.53 bits per heavy atom. The van der Waals surface area contributed by atoms with Gasteiger partial charge in [-0.25, -0.2) is 0 Å². The lowest BCUT2D eigenvalue weighted by atomic mass is 9.85. The number of esters is 1. The third kappa shape index (κ3) is 5.11. The summed E-state index contributed by atoms with van der Waals surface area (Å²) < 4.78 is 4.94. The summed E-state index contributed by atoms with van der Waals surface area (Å²) in [5.41, 5.74) is -0.587. The molecule has 0 aromatic rings. The smallest absolute Gasteiger partial charge is 0.325 e. The maximum Gasteiger partial charge on any atom is 0.325 e. The van der Waals surface area contributed by atoms with E-state index >= 15 is 0 Å². The number of carbonyl (C=O) groups is 1. The van der Waals surface area contributed by atoms with E-state index in [9.17, 15) is 4.79 Å². The number of ether oxygens (including phenoxy) is 1. The van der Waals surface area contributed by atoms with Crippen molar-refractivity contribution < 1.29 is 9.53 Å². The van der Waals surface area contributed by atoms with Gasteiger partial charge in [0.25, 0.3) is 0 Å². The quantitative estimate of drug-likeness (QED) is 0.685. The molecule has 0 spiro atoms. The van der Waals surface area contributed by atoms with Gasteiger partial charge in [-0.3, -0.25) is 10.1 Å². The maximum absolute atomic E-state index is 12.0. The largest absolute Gasteiger partial charge is 0.468 e. The lowest BCUT2D eigenvalue weighted by Crippen LogP contribution is -2.54. The number of hydrogen-bond acceptors (Lipinski definition) is 4. The van der Waals surface area contributed by atoms with Crippen LogP contribution in [-0.2, 0) is 9.53 Å². The second-order valence-corrected chi connectivity index (χ2v) is 6.43. The highest BCUT2D eigenvalue weighted by Gasteiger charge is 2.34. The summed E-state index contributed by atoms with van der Waals surface area (Å²) in [6.45, 7) is 8.12. The molecule has 0 heterocycles. The molecule has 4 heteroatoms. The Morgan fingerprint density at radius 2 is 2.11 bits per heavy atom. The van der Waals surface area contributed by atoms with Crippen molar-refractivity contribution in [1.29, 1.82) is 0 Å². The van der Waals surface area contributed by atoms with Crippen LogP contribution in [0.1, 0.15) is 46.5 Å². The van der Waals surface area contributed by atoms with E-state index in [1.165, 1.54) is 26.4 Å². The molecule has 0 aromatic heterocycles. The van der Waals surface area contributed by atoms with E-state index in [2.05, 4.69) is 31.1 Å². The zero-order valence-corrected chi connectivity index (χ0v) is 13.2. The summed E-state index contributed by atoms with van der Waals surface area (Å²) in [6, 6.07) is 0.265. The van der Waals surface area contributed by atoms with E-state index in [0.717, 1.165) is 25.4 Å². The maximum atomic E-state index is 12.0. The molecule has 0 amide bonds. The predicted octanol–water partition coefficient (Wildman–Crippen LogP) is 2.04. The molecule has 1 aliphatic carbocycles. The SMILES string of the molecule is COC(=O)C(C)(CCN(C)CC1CCC1)NC(C)C. The van der Waals surface area contributed by atoms with Crippen molar-refractivity contribution in [3.8, 4) is 0 Å². The molecule has 1 saturated carbocycles. The van der Waals surface area contributed by atoms with Crippen LogP contribution in [0.2, 0.25) is 0 Å². The fraction of sp³-hybridized carbons (Fsp3) is 0.933. The van der Waals surface area contributed by atoms with Crippen LogP contribution in [0.15, 0.2) is 0 Å². The molecule has 0 aliphatic heterocycles. The van der Waals surface area contributed by atoms with Gasteiger partial charge in [0.15, 0.2) is 0 Å². The average Bonchev–Trinajstić information content (AvgIpc) is 2.29. The van der Waals surface area contributed by atoms with Crippen molar-refractivity contribution in [3.63, 3.8) is 0 Å². The molecule has 1 N–H and O–H groups in total. The van der Waals surface area contributed by atoms with Crippen LogP contribution >= 0.6 is 0 Å². The Hall–Kier alpha value is -0.610. The highest BCUT2D eigenvalue weighted by atomic mass is 16.5. The number of rotatable bonds is 8. The minimum atomic E-state index is -0.587. The fourth-order valence-corrected chi connectivity index (χ4v) is 2.72. The number of nitrogens with zero attached hydrogens (tertiary/aromatic N) is 1. The summed E-state index contributed by atoms with van der Waals surface area (Å²) in [4.78, 5) is 14.3. The molecule has 1 fully saturated rings. The van der Waals surface area contributed by atoms with E-state index in [4.69, 9.17) is 4.74 Å². The Kier molecular flexibility index (Phi) is 6.27. The van der Waals surface area contributed by atoms with Crippen molar-refractivity contribution in [2.24, 2.45) is 5.92 Å². The van der Waals surface area contributed by atoms with Gasteiger partial charge in [0.1, 0.15) is 5.54 Å². The van der Waals surface area contributed by atoms with Crippen molar-refractivity contribution in [2.75, 3.05) is 27.2 Å². The molecule has 112 valence electrons. The van der Waals surface area contributed by atoms with E-state index in [1.807, 2.05) is 6.92 Å². The first-order valence-electron chi connectivity index (χ1n) is 7.42. The van der Waals surface area contributed by atoms with E-state index in [-0.39, 0.29) is 12.0 Å². The van der Waals surface area contributed by atoms with E-state index in [0.29, 0.717) is 0 Å². The monoisotopic (exact) mass is 270 g/mol. The second kappa shape index (κ2) is 7.25. The predicted molar refractivity (Wildman–Crippen MR) is 78.1 cm³/mol. The minimum absolute atomic E-state index is 0.168. The Morgan fingerprint density at radius 1 is 1.47 bits per heavy atom. The van der Waals surface area contributed by atoms with Crippen LogP contribution in [0.25, 0.3) is 0 Å². The molecule has 4 nitrogen and oxygen atoms in total. The third-order valence-corrected chi connectivity index (χ3v) is 4.03. The molecule has 0 radical (unpaired) electrons. The summed E-state index contributed by atoms with van der Waals surface area (Å²) >= 11 is 0. The Labute approximate surface area is 117 Å². The summed E-state index contributed by atoms with van der Waals surface area (Å²) in [6.07, 6.45) is 4.89. The molecule has 0 saturated heterocycles. The molecule has 1 rings (SSSR count). The van der Waals surface area contributed by atoms with Gasteiger partial charge in [-0.2, -0.15) is 0 Å². The van der Waals surface area contributed by atoms with Crippen molar-refractivity contribution in [1.82, 2.24) is 10.2 Å². The van der Waals surface area contributed by atoms with Crippen molar-refractivity contribution in [2.45, 2.75) is 58.0 Å². The molecule has 0 aromatic carbocycles. The lowest BCUT2D eigenvalue weighted by Gasteiger charge is -2.34. The first kappa shape index (κ1) is 16.4. The van der Waals surface area contributed by atoms with E-state index < -0.39 is 5.54 Å². The molecule has 0 bridgehead atoms. The Balaban J connectivity index is 2.44. The lowest BCUT2D eigenvalue weighted by molar-refractivity contribution is -0.148. The van der Waals surface area contributed by atoms with Crippen LogP contribution < -0.4 is 5.32 Å². The van der Waals surface area contributed by atoms with Crippen LogP contribution in [0.4, 0.5) is 0 Å². The van der Waals surface area contributed by atoms with Crippen LogP contribution in [0.5, 0.6) is 0 Å². The molecular weight excluding hydrogens is 240 g/mol. The van der Waals surface area contributed by atoms with E-state index in [1.54, 1.807) is 0 Å². The van der Waals surface area contributed by atoms with Gasteiger partial charge < -0.3 is 9.64 Å². The number of methoxy groups -OCH3 is 1. The normalized spacial score (nSPS) is 19.3. The zero-order chi connectivity index (χ0) is 14.5. The van der Waals surface area contributed by atoms with Crippen molar-refractivity contribution in [3.05, 3.63) is 0 Å². The summed E-state index contributed by atoms with van der Waals surface area (Å²) in [7, 11) is 3.60. The average molecular weight is 270 g/mol. The minimum Gasteiger partial charge on any atom is -0.468 e. The van der Waals surface area contributed by atoms with Gasteiger partial charge in [0, 0.05) is 19.1 Å². The first-order valence-corrected chi connectivity index (χ1v) is 7.42. The second-order valence-electron chi connectivity index (χ2n) is 6.43. The Bertz CT molecular complexity index is 290. The van der Waals surface area contributed by atoms with Gasteiger partial charge in [0.2, 0.25) is 0 Å². The summed E-state index contributed by atoms with van der Waals surface area (Å²) in [5, 5.41) is 3.34. The fourth-order valence-electron chi connectivity index (χ4n) is 2.72. The number of nitrogens with one attached hydrogen (secondary N) is 1. The van der Waals surface area contributed by atoms with Gasteiger partial charge in [-0.1, -0.05) is 6.42 Å². The molecule has 1 aliphatic rings. The zero-order valence-electron chi connectivity index (χ0n) is 13.2. The van der Waals surface area contributed by atoms with Crippen molar-refractivity contribution >= 4 is 5.97 Å². The topological polar surface area (TPSA) is 41.6 Å². The standard InChI is InChI=1S/C15H30N2O2/c1-12(2)16-15(3,14(18)19-5)9-10-17(4)11-13-7-6-8-13/h12-13,16H,6-11H2,1-5H3. The van der Waals surface area contributed by atoms with Gasteiger partial charge in [-0.05, 0) is 53.0 Å². The molecule has 1 unspecified atom stereocenters. The first-order chi connectivity index (χ1) is 8.87. The number of hydrogen-bond donors (Lipinski definition) is 1. The molecule has 19 heavy (non-hydrogen) atoms. The molecule has 1 atom stereocenters. The summed E-state index contributed by atoms with van der Waals surface area (Å²) in [5.74, 6) is 0.700. The van der Waals surface area contributed by atoms with Gasteiger partial charge in [-0.15, -0.1) is 0 Å². The third-order valence-electron chi connectivity index (χ3n) is 4.03. The highest BCUT2D eigenvalue weighted by Crippen LogP contribution is 2.27. The van der Waals surface area contributed by atoms with Gasteiger partial charge in [0.05, 0.1) is 7.11 Å². The van der Waals surface area contributed by atoms with Gasteiger partial charge >= 0.3 is 5.97 Å². The van der Waals surface area contributed by atoms with Crippen LogP contribution in [0.3, 0.4) is 0 Å². The molecular formula is C15H30N2O2. The van der Waals surface area contributed by atoms with Crippen LogP contribution in [-0.4, -0.2) is 49.7 Å². The van der Waals surface area contributed by atoms with Crippen LogP contribution in [0, 0.1) is 5.92 Å². The highest BCUT2D eigenvalue weighted by molar-refractivity contribution is 5.80.